The molecule has 0 radical (unpaired) electrons. The van der Waals surface area contributed by atoms with E-state index < -0.39 is 11.4 Å². The number of carboxylic acids is 1. The molecule has 6 nitrogen and oxygen atoms in total. The lowest BCUT2D eigenvalue weighted by Gasteiger charge is -2.34. The van der Waals surface area contributed by atoms with Crippen LogP contribution in [0.5, 0.6) is 0 Å². The van der Waals surface area contributed by atoms with Crippen molar-refractivity contribution in [2.45, 2.75) is 45.6 Å². The summed E-state index contributed by atoms with van der Waals surface area (Å²) in [4.78, 5) is 25.2. The van der Waals surface area contributed by atoms with E-state index in [-0.39, 0.29) is 18.6 Å². The van der Waals surface area contributed by atoms with E-state index in [0.717, 1.165) is 12.8 Å². The van der Waals surface area contributed by atoms with Crippen molar-refractivity contribution in [3.63, 3.8) is 0 Å². The SMILES string of the molecule is CCC(CC)N(C)C(=O)NCC1(C(=O)O)CCOCC1. The maximum absolute atomic E-state index is 12.1. The summed E-state index contributed by atoms with van der Waals surface area (Å²) in [7, 11) is 1.75. The van der Waals surface area contributed by atoms with Gasteiger partial charge in [0.15, 0.2) is 0 Å². The van der Waals surface area contributed by atoms with E-state index in [4.69, 9.17) is 4.74 Å². The van der Waals surface area contributed by atoms with Gasteiger partial charge in [-0.05, 0) is 25.7 Å². The Kier molecular flexibility index (Phi) is 6.26. The first-order chi connectivity index (χ1) is 9.46. The topological polar surface area (TPSA) is 78.9 Å². The van der Waals surface area contributed by atoms with Crippen molar-refractivity contribution in [3.8, 4) is 0 Å². The first kappa shape index (κ1) is 16.8. The van der Waals surface area contributed by atoms with Gasteiger partial charge in [0, 0.05) is 32.8 Å². The van der Waals surface area contributed by atoms with E-state index in [1.165, 1.54) is 0 Å². The number of carbonyl (C=O) groups excluding carboxylic acids is 1. The third-order valence-corrected chi connectivity index (χ3v) is 4.29. The molecule has 0 unspecified atom stereocenters. The van der Waals surface area contributed by atoms with Gasteiger partial charge >= 0.3 is 12.0 Å². The molecule has 1 aliphatic heterocycles. The van der Waals surface area contributed by atoms with Crippen molar-refractivity contribution >= 4 is 12.0 Å². The number of nitrogens with zero attached hydrogens (tertiary/aromatic N) is 1. The highest BCUT2D eigenvalue weighted by molar-refractivity contribution is 5.78. The fourth-order valence-electron chi connectivity index (χ4n) is 2.60. The molecule has 0 spiro atoms. The molecule has 1 saturated heterocycles. The fraction of sp³-hybridized carbons (Fsp3) is 0.857. The highest BCUT2D eigenvalue weighted by atomic mass is 16.5. The van der Waals surface area contributed by atoms with Crippen LogP contribution in [0.3, 0.4) is 0 Å². The van der Waals surface area contributed by atoms with Crippen LogP contribution in [0.1, 0.15) is 39.5 Å². The monoisotopic (exact) mass is 286 g/mol. The Morgan fingerprint density at radius 2 is 1.85 bits per heavy atom. The molecule has 116 valence electrons. The van der Waals surface area contributed by atoms with E-state index in [2.05, 4.69) is 5.32 Å². The zero-order valence-corrected chi connectivity index (χ0v) is 12.6. The normalized spacial score (nSPS) is 17.8. The van der Waals surface area contributed by atoms with Crippen LogP contribution in [0.2, 0.25) is 0 Å². The summed E-state index contributed by atoms with van der Waals surface area (Å²) in [6, 6.07) is -0.0173. The summed E-state index contributed by atoms with van der Waals surface area (Å²) in [5, 5.41) is 12.2. The second kappa shape index (κ2) is 7.47. The standard InChI is InChI=1S/C14H26N2O4/c1-4-11(5-2)16(3)13(19)15-10-14(12(17)18)6-8-20-9-7-14/h11H,4-10H2,1-3H3,(H,15,19)(H,17,18). The number of amides is 2. The predicted molar refractivity (Wildman–Crippen MR) is 75.7 cm³/mol. The van der Waals surface area contributed by atoms with E-state index in [1.54, 1.807) is 11.9 Å². The molecule has 0 aromatic heterocycles. The predicted octanol–water partition coefficient (Wildman–Crippen LogP) is 1.70. The van der Waals surface area contributed by atoms with Crippen LogP contribution >= 0.6 is 0 Å². The largest absolute Gasteiger partial charge is 0.481 e. The Balaban J connectivity index is 2.59. The molecule has 1 aliphatic rings. The highest BCUT2D eigenvalue weighted by Crippen LogP contribution is 2.30. The molecule has 0 atom stereocenters. The first-order valence-electron chi connectivity index (χ1n) is 7.28. The van der Waals surface area contributed by atoms with E-state index in [9.17, 15) is 14.7 Å². The van der Waals surface area contributed by atoms with Gasteiger partial charge in [0.2, 0.25) is 0 Å². The maximum Gasteiger partial charge on any atom is 0.317 e. The maximum atomic E-state index is 12.1. The molecule has 0 aliphatic carbocycles. The molecule has 6 heteroatoms. The molecule has 0 aromatic carbocycles. The van der Waals surface area contributed by atoms with Crippen LogP contribution in [0.15, 0.2) is 0 Å². The third kappa shape index (κ3) is 3.85. The Labute approximate surface area is 120 Å². The Morgan fingerprint density at radius 1 is 1.30 bits per heavy atom. The summed E-state index contributed by atoms with van der Waals surface area (Å²) < 4.78 is 5.22. The van der Waals surface area contributed by atoms with Gasteiger partial charge in [0.25, 0.3) is 0 Å². The van der Waals surface area contributed by atoms with Gasteiger partial charge in [0.1, 0.15) is 0 Å². The molecule has 0 bridgehead atoms. The minimum atomic E-state index is -0.886. The molecule has 1 rings (SSSR count). The van der Waals surface area contributed by atoms with Crippen molar-refractivity contribution in [3.05, 3.63) is 0 Å². The van der Waals surface area contributed by atoms with Crippen molar-refractivity contribution in [2.75, 3.05) is 26.8 Å². The van der Waals surface area contributed by atoms with E-state index in [0.29, 0.717) is 26.1 Å². The van der Waals surface area contributed by atoms with Crippen LogP contribution in [0, 0.1) is 5.41 Å². The summed E-state index contributed by atoms with van der Waals surface area (Å²) in [5.41, 5.74) is -0.886. The lowest BCUT2D eigenvalue weighted by molar-refractivity contribution is -0.154. The van der Waals surface area contributed by atoms with Crippen LogP contribution in [-0.2, 0) is 9.53 Å². The molecular weight excluding hydrogens is 260 g/mol. The Bertz CT molecular complexity index is 336. The molecule has 0 saturated carbocycles. The zero-order valence-electron chi connectivity index (χ0n) is 12.6. The number of carboxylic acid groups (broad SMARTS) is 1. The fourth-order valence-corrected chi connectivity index (χ4v) is 2.60. The third-order valence-electron chi connectivity index (χ3n) is 4.29. The number of hydrogen-bond donors (Lipinski definition) is 2. The average molecular weight is 286 g/mol. The first-order valence-corrected chi connectivity index (χ1v) is 7.28. The van der Waals surface area contributed by atoms with Gasteiger partial charge in [-0.3, -0.25) is 4.79 Å². The number of aliphatic carboxylic acids is 1. The smallest absolute Gasteiger partial charge is 0.317 e. The number of ether oxygens (including phenoxy) is 1. The van der Waals surface area contributed by atoms with Gasteiger partial charge in [-0.15, -0.1) is 0 Å². The minimum absolute atomic E-state index is 0.162. The van der Waals surface area contributed by atoms with E-state index in [1.807, 2.05) is 13.8 Å². The summed E-state index contributed by atoms with van der Waals surface area (Å²) in [6.45, 7) is 5.11. The number of nitrogens with one attached hydrogen (secondary N) is 1. The number of carbonyl (C=O) groups is 2. The van der Waals surface area contributed by atoms with Crippen LogP contribution in [0.25, 0.3) is 0 Å². The minimum Gasteiger partial charge on any atom is -0.481 e. The second-order valence-corrected chi connectivity index (χ2v) is 5.44. The zero-order chi connectivity index (χ0) is 15.2. The molecular formula is C14H26N2O4. The quantitative estimate of drug-likeness (QED) is 0.779. The van der Waals surface area contributed by atoms with Crippen molar-refractivity contribution in [1.82, 2.24) is 10.2 Å². The summed E-state index contributed by atoms with van der Waals surface area (Å²) in [6.07, 6.45) is 2.66. The number of hydrogen-bond acceptors (Lipinski definition) is 3. The van der Waals surface area contributed by atoms with Gasteiger partial charge in [-0.1, -0.05) is 13.8 Å². The molecule has 0 aromatic rings. The lowest BCUT2D eigenvalue weighted by atomic mass is 9.80. The Hall–Kier alpha value is -1.30. The lowest BCUT2D eigenvalue weighted by Crippen LogP contribution is -2.50. The van der Waals surface area contributed by atoms with Crippen molar-refractivity contribution in [1.29, 1.82) is 0 Å². The Morgan fingerprint density at radius 3 is 2.30 bits per heavy atom. The van der Waals surface area contributed by atoms with Gasteiger partial charge < -0.3 is 20.1 Å². The number of rotatable bonds is 6. The van der Waals surface area contributed by atoms with Gasteiger partial charge in [-0.2, -0.15) is 0 Å². The van der Waals surface area contributed by atoms with Gasteiger partial charge in [0.05, 0.1) is 5.41 Å². The summed E-state index contributed by atoms with van der Waals surface area (Å²) >= 11 is 0. The van der Waals surface area contributed by atoms with Crippen LogP contribution < -0.4 is 5.32 Å². The second-order valence-electron chi connectivity index (χ2n) is 5.44. The van der Waals surface area contributed by atoms with Crippen molar-refractivity contribution < 1.29 is 19.4 Å². The van der Waals surface area contributed by atoms with Crippen LogP contribution in [0.4, 0.5) is 4.79 Å². The molecule has 2 amide bonds. The summed E-state index contributed by atoms with van der Waals surface area (Å²) in [5.74, 6) is -0.855. The number of urea groups is 1. The van der Waals surface area contributed by atoms with E-state index >= 15 is 0 Å². The average Bonchev–Trinajstić information content (AvgIpc) is 2.46. The molecule has 2 N–H and O–H groups in total. The molecule has 1 heterocycles. The molecule has 1 fully saturated rings. The van der Waals surface area contributed by atoms with Crippen LogP contribution in [-0.4, -0.2) is 54.9 Å². The van der Waals surface area contributed by atoms with Gasteiger partial charge in [-0.25, -0.2) is 4.79 Å². The van der Waals surface area contributed by atoms with Crippen molar-refractivity contribution in [2.24, 2.45) is 5.41 Å². The molecule has 20 heavy (non-hydrogen) atoms. The highest BCUT2D eigenvalue weighted by Gasteiger charge is 2.40.